The molecule has 2 rings (SSSR count). The Morgan fingerprint density at radius 1 is 1.00 bits per heavy atom. The van der Waals surface area contributed by atoms with Gasteiger partial charge in [0.1, 0.15) is 12.1 Å². The zero-order chi connectivity index (χ0) is 10.3. The van der Waals surface area contributed by atoms with Crippen molar-refractivity contribution in [2.24, 2.45) is 0 Å². The Hall–Kier alpha value is -1.39. The summed E-state index contributed by atoms with van der Waals surface area (Å²) in [6.45, 7) is 0.827. The third-order valence-electron chi connectivity index (χ3n) is 2.00. The van der Waals surface area contributed by atoms with Gasteiger partial charge in [0.05, 0.1) is 0 Å². The SMILES string of the molecule is Cl.Cl.c1ccc(CCNc2ccncn2)nc1. The van der Waals surface area contributed by atoms with Crippen molar-refractivity contribution in [1.29, 1.82) is 0 Å². The Balaban J connectivity index is 0.00000128. The normalized spacial score (nSPS) is 8.71. The molecule has 0 atom stereocenters. The van der Waals surface area contributed by atoms with Gasteiger partial charge < -0.3 is 5.32 Å². The molecule has 0 amide bonds. The Bertz CT molecular complexity index is 357. The van der Waals surface area contributed by atoms with Gasteiger partial charge in [-0.15, -0.1) is 24.8 Å². The van der Waals surface area contributed by atoms with Gasteiger partial charge in [0.2, 0.25) is 0 Å². The largest absolute Gasteiger partial charge is 0.370 e. The quantitative estimate of drug-likeness (QED) is 0.929. The maximum absolute atomic E-state index is 4.24. The zero-order valence-corrected chi connectivity index (χ0v) is 10.7. The molecular formula is C11H14Cl2N4. The van der Waals surface area contributed by atoms with E-state index in [4.69, 9.17) is 0 Å². The molecule has 4 nitrogen and oxygen atoms in total. The third-order valence-corrected chi connectivity index (χ3v) is 2.00. The van der Waals surface area contributed by atoms with Gasteiger partial charge in [0, 0.05) is 31.1 Å². The molecule has 92 valence electrons. The summed E-state index contributed by atoms with van der Waals surface area (Å²) in [5.74, 6) is 0.848. The van der Waals surface area contributed by atoms with Crippen molar-refractivity contribution in [3.63, 3.8) is 0 Å². The van der Waals surface area contributed by atoms with Crippen molar-refractivity contribution in [3.05, 3.63) is 48.7 Å². The molecule has 0 fully saturated rings. The van der Waals surface area contributed by atoms with Gasteiger partial charge in [-0.25, -0.2) is 9.97 Å². The summed E-state index contributed by atoms with van der Waals surface area (Å²) < 4.78 is 0. The van der Waals surface area contributed by atoms with Gasteiger partial charge in [0.25, 0.3) is 0 Å². The van der Waals surface area contributed by atoms with Crippen molar-refractivity contribution in [2.45, 2.75) is 6.42 Å². The maximum Gasteiger partial charge on any atom is 0.129 e. The highest BCUT2D eigenvalue weighted by atomic mass is 35.5. The van der Waals surface area contributed by atoms with E-state index in [-0.39, 0.29) is 24.8 Å². The van der Waals surface area contributed by atoms with Crippen LogP contribution in [-0.2, 0) is 6.42 Å². The van der Waals surface area contributed by atoms with E-state index in [1.807, 2.05) is 24.3 Å². The van der Waals surface area contributed by atoms with E-state index in [0.717, 1.165) is 24.5 Å². The second kappa shape index (κ2) is 8.73. The summed E-state index contributed by atoms with van der Waals surface area (Å²) in [7, 11) is 0. The summed E-state index contributed by atoms with van der Waals surface area (Å²) in [6, 6.07) is 7.77. The van der Waals surface area contributed by atoms with Crippen molar-refractivity contribution in [1.82, 2.24) is 15.0 Å². The molecule has 0 radical (unpaired) electrons. The first kappa shape index (κ1) is 15.6. The lowest BCUT2D eigenvalue weighted by atomic mass is 10.3. The fraction of sp³-hybridized carbons (Fsp3) is 0.182. The summed E-state index contributed by atoms with van der Waals surface area (Å²) in [4.78, 5) is 12.2. The van der Waals surface area contributed by atoms with Gasteiger partial charge in [-0.05, 0) is 18.2 Å². The molecule has 0 aliphatic rings. The summed E-state index contributed by atoms with van der Waals surface area (Å²) in [5.41, 5.74) is 1.08. The highest BCUT2D eigenvalue weighted by Crippen LogP contribution is 1.99. The maximum atomic E-state index is 4.24. The smallest absolute Gasteiger partial charge is 0.129 e. The summed E-state index contributed by atoms with van der Waals surface area (Å²) in [6.07, 6.45) is 5.95. The lowest BCUT2D eigenvalue weighted by molar-refractivity contribution is 0.951. The monoisotopic (exact) mass is 272 g/mol. The molecule has 17 heavy (non-hydrogen) atoms. The van der Waals surface area contributed by atoms with E-state index in [0.29, 0.717) is 0 Å². The lowest BCUT2D eigenvalue weighted by Gasteiger charge is -2.03. The van der Waals surface area contributed by atoms with Crippen LogP contribution in [0.2, 0.25) is 0 Å². The first-order chi connectivity index (χ1) is 7.45. The topological polar surface area (TPSA) is 50.7 Å². The standard InChI is InChI=1S/C11H12N4.2ClH/c1-2-6-13-10(3-1)4-8-14-11-5-7-12-9-15-11;;/h1-3,5-7,9H,4,8H2,(H,12,14,15);2*1H. The van der Waals surface area contributed by atoms with Crippen molar-refractivity contribution in [3.8, 4) is 0 Å². The Kier molecular flexibility index (Phi) is 8.01. The van der Waals surface area contributed by atoms with Crippen molar-refractivity contribution < 1.29 is 0 Å². The predicted octanol–water partition coefficient (Wildman–Crippen LogP) is 2.37. The molecule has 0 aliphatic heterocycles. The minimum Gasteiger partial charge on any atom is -0.370 e. The average molecular weight is 273 g/mol. The van der Waals surface area contributed by atoms with Crippen molar-refractivity contribution >= 4 is 30.6 Å². The first-order valence-corrected chi connectivity index (χ1v) is 4.85. The molecule has 0 saturated carbocycles. The molecule has 6 heteroatoms. The molecule has 0 unspecified atom stereocenters. The van der Waals surface area contributed by atoms with E-state index in [9.17, 15) is 0 Å². The van der Waals surface area contributed by atoms with Crippen LogP contribution in [0.3, 0.4) is 0 Å². The van der Waals surface area contributed by atoms with Gasteiger partial charge in [-0.2, -0.15) is 0 Å². The minimum absolute atomic E-state index is 0. The van der Waals surface area contributed by atoms with E-state index >= 15 is 0 Å². The zero-order valence-electron chi connectivity index (χ0n) is 9.11. The van der Waals surface area contributed by atoms with Crippen LogP contribution in [0.5, 0.6) is 0 Å². The molecule has 2 aromatic heterocycles. The number of hydrogen-bond donors (Lipinski definition) is 1. The number of rotatable bonds is 4. The Labute approximate surface area is 113 Å². The van der Waals surface area contributed by atoms with E-state index < -0.39 is 0 Å². The molecule has 0 bridgehead atoms. The third kappa shape index (κ3) is 5.47. The van der Waals surface area contributed by atoms with E-state index in [1.54, 1.807) is 12.4 Å². The van der Waals surface area contributed by atoms with E-state index in [2.05, 4.69) is 20.3 Å². The molecule has 0 aromatic carbocycles. The van der Waals surface area contributed by atoms with Gasteiger partial charge in [-0.3, -0.25) is 4.98 Å². The highest BCUT2D eigenvalue weighted by molar-refractivity contribution is 5.85. The number of nitrogens with zero attached hydrogens (tertiary/aromatic N) is 3. The van der Waals surface area contributed by atoms with Crippen LogP contribution in [0.15, 0.2) is 43.0 Å². The fourth-order valence-corrected chi connectivity index (χ4v) is 1.26. The van der Waals surface area contributed by atoms with Gasteiger partial charge >= 0.3 is 0 Å². The number of halogens is 2. The second-order valence-electron chi connectivity index (χ2n) is 3.09. The first-order valence-electron chi connectivity index (χ1n) is 4.85. The number of aromatic nitrogens is 3. The second-order valence-corrected chi connectivity index (χ2v) is 3.09. The molecule has 1 N–H and O–H groups in total. The predicted molar refractivity (Wildman–Crippen MR) is 73.0 cm³/mol. The van der Waals surface area contributed by atoms with Crippen LogP contribution in [0.1, 0.15) is 5.69 Å². The Morgan fingerprint density at radius 3 is 2.53 bits per heavy atom. The number of hydrogen-bond acceptors (Lipinski definition) is 4. The van der Waals surface area contributed by atoms with Crippen LogP contribution in [0, 0.1) is 0 Å². The molecule has 2 heterocycles. The number of nitrogens with one attached hydrogen (secondary N) is 1. The molecule has 0 aliphatic carbocycles. The van der Waals surface area contributed by atoms with Gasteiger partial charge in [-0.1, -0.05) is 6.07 Å². The lowest BCUT2D eigenvalue weighted by Crippen LogP contribution is -2.06. The average Bonchev–Trinajstić information content (AvgIpc) is 2.32. The molecule has 0 saturated heterocycles. The van der Waals surface area contributed by atoms with Crippen molar-refractivity contribution in [2.75, 3.05) is 11.9 Å². The van der Waals surface area contributed by atoms with Gasteiger partial charge in [0.15, 0.2) is 0 Å². The number of anilines is 1. The van der Waals surface area contributed by atoms with Crippen LogP contribution in [-0.4, -0.2) is 21.5 Å². The number of pyridine rings is 1. The highest BCUT2D eigenvalue weighted by Gasteiger charge is 1.94. The molecular weight excluding hydrogens is 259 g/mol. The summed E-state index contributed by atoms with van der Waals surface area (Å²) >= 11 is 0. The Morgan fingerprint density at radius 2 is 1.88 bits per heavy atom. The summed E-state index contributed by atoms with van der Waals surface area (Å²) in [5, 5.41) is 3.20. The molecule has 0 spiro atoms. The van der Waals surface area contributed by atoms with Crippen LogP contribution in [0.25, 0.3) is 0 Å². The van der Waals surface area contributed by atoms with Crippen LogP contribution < -0.4 is 5.32 Å². The van der Waals surface area contributed by atoms with E-state index in [1.165, 1.54) is 6.33 Å². The van der Waals surface area contributed by atoms with Crippen LogP contribution >= 0.6 is 24.8 Å². The minimum atomic E-state index is 0. The molecule has 2 aromatic rings. The fourth-order valence-electron chi connectivity index (χ4n) is 1.26. The van der Waals surface area contributed by atoms with Crippen LogP contribution in [0.4, 0.5) is 5.82 Å².